The summed E-state index contributed by atoms with van der Waals surface area (Å²) in [6.45, 7) is 0.199. The van der Waals surface area contributed by atoms with Crippen LogP contribution in [0, 0.1) is 10.1 Å². The normalized spacial score (nSPS) is 11.0. The Morgan fingerprint density at radius 3 is 2.40 bits per heavy atom. The van der Waals surface area contributed by atoms with Crippen LogP contribution in [0.2, 0.25) is 15.1 Å². The number of rotatable bonds is 8. The lowest BCUT2D eigenvalue weighted by Crippen LogP contribution is -1.94. The summed E-state index contributed by atoms with van der Waals surface area (Å²) < 4.78 is 0. The van der Waals surface area contributed by atoms with Gasteiger partial charge in [-0.2, -0.15) is 0 Å². The van der Waals surface area contributed by atoms with Crippen LogP contribution in [-0.4, -0.2) is 11.1 Å². The Morgan fingerprint density at radius 2 is 1.70 bits per heavy atom. The van der Waals surface area contributed by atoms with Crippen molar-refractivity contribution >= 4 is 58.5 Å². The number of benzene rings is 3. The number of hydrogen-bond acceptors (Lipinski definition) is 5. The molecule has 0 aliphatic heterocycles. The van der Waals surface area contributed by atoms with Crippen molar-refractivity contribution in [3.05, 3.63) is 103 Å². The molecule has 0 spiro atoms. The molecule has 0 aliphatic rings. The largest absolute Gasteiger partial charge is 0.391 e. The third-order valence-corrected chi connectivity index (χ3v) is 6.10. The maximum atomic E-state index is 11.5. The smallest absolute Gasteiger partial charge is 0.283 e. The van der Waals surface area contributed by atoms with Crippen molar-refractivity contribution in [2.45, 2.75) is 17.3 Å². The predicted molar refractivity (Wildman–Crippen MR) is 123 cm³/mol. The first-order chi connectivity index (χ1) is 14.4. The summed E-state index contributed by atoms with van der Waals surface area (Å²) in [7, 11) is 0. The highest BCUT2D eigenvalue weighted by molar-refractivity contribution is 7.98. The lowest BCUT2D eigenvalue weighted by Gasteiger charge is -2.05. The summed E-state index contributed by atoms with van der Waals surface area (Å²) in [6, 6.07) is 17.5. The van der Waals surface area contributed by atoms with Crippen molar-refractivity contribution in [3.8, 4) is 0 Å². The van der Waals surface area contributed by atoms with Gasteiger partial charge in [-0.05, 0) is 41.5 Å². The summed E-state index contributed by atoms with van der Waals surface area (Å²) in [5, 5.41) is 16.9. The van der Waals surface area contributed by atoms with E-state index in [0.29, 0.717) is 31.3 Å². The van der Waals surface area contributed by atoms with Crippen molar-refractivity contribution in [2.24, 2.45) is 5.16 Å². The van der Waals surface area contributed by atoms with Gasteiger partial charge >= 0.3 is 0 Å². The lowest BCUT2D eigenvalue weighted by atomic mass is 10.2. The van der Waals surface area contributed by atoms with Crippen molar-refractivity contribution in [2.75, 3.05) is 0 Å². The van der Waals surface area contributed by atoms with E-state index >= 15 is 0 Å². The molecule has 0 aromatic heterocycles. The number of halogens is 3. The van der Waals surface area contributed by atoms with E-state index < -0.39 is 4.92 Å². The molecule has 0 bridgehead atoms. The molecule has 0 radical (unpaired) electrons. The Labute approximate surface area is 192 Å². The average molecular weight is 482 g/mol. The quantitative estimate of drug-likeness (QED) is 0.145. The zero-order valence-corrected chi connectivity index (χ0v) is 18.5. The Morgan fingerprint density at radius 1 is 0.967 bits per heavy atom. The van der Waals surface area contributed by atoms with Crippen LogP contribution < -0.4 is 0 Å². The van der Waals surface area contributed by atoms with Gasteiger partial charge in [0, 0.05) is 22.4 Å². The van der Waals surface area contributed by atoms with Crippen molar-refractivity contribution in [1.29, 1.82) is 0 Å². The van der Waals surface area contributed by atoms with E-state index in [-0.39, 0.29) is 12.3 Å². The minimum atomic E-state index is -0.405. The highest BCUT2D eigenvalue weighted by Crippen LogP contribution is 2.32. The summed E-state index contributed by atoms with van der Waals surface area (Å²) in [4.78, 5) is 16.9. The molecule has 30 heavy (non-hydrogen) atoms. The van der Waals surface area contributed by atoms with Gasteiger partial charge in [0.15, 0.2) is 0 Å². The topological polar surface area (TPSA) is 64.7 Å². The molecule has 3 aromatic carbocycles. The van der Waals surface area contributed by atoms with E-state index in [1.807, 2.05) is 12.1 Å². The van der Waals surface area contributed by atoms with E-state index in [0.717, 1.165) is 11.1 Å². The molecular formula is C21H15Cl3N2O3S. The lowest BCUT2D eigenvalue weighted by molar-refractivity contribution is -0.387. The molecule has 0 saturated carbocycles. The zero-order chi connectivity index (χ0) is 21.5. The molecule has 0 heterocycles. The van der Waals surface area contributed by atoms with Crippen LogP contribution in [0.3, 0.4) is 0 Å². The average Bonchev–Trinajstić information content (AvgIpc) is 2.73. The van der Waals surface area contributed by atoms with Crippen LogP contribution >= 0.6 is 46.6 Å². The maximum absolute atomic E-state index is 11.5. The number of nitro groups is 1. The Bertz CT molecular complexity index is 1080. The maximum Gasteiger partial charge on any atom is 0.283 e. The van der Waals surface area contributed by atoms with Gasteiger partial charge in [0.05, 0.1) is 26.1 Å². The third-order valence-electron chi connectivity index (χ3n) is 3.98. The zero-order valence-electron chi connectivity index (χ0n) is 15.4. The highest BCUT2D eigenvalue weighted by atomic mass is 35.5. The fraction of sp³-hybridized carbons (Fsp3) is 0.0952. The molecule has 0 unspecified atom stereocenters. The minimum Gasteiger partial charge on any atom is -0.391 e. The van der Waals surface area contributed by atoms with E-state index in [9.17, 15) is 10.1 Å². The molecule has 3 aromatic rings. The van der Waals surface area contributed by atoms with Crippen LogP contribution in [0.15, 0.2) is 70.7 Å². The fourth-order valence-corrected chi connectivity index (χ4v) is 3.87. The molecule has 0 saturated heterocycles. The summed E-state index contributed by atoms with van der Waals surface area (Å²) >= 11 is 19.1. The second kappa shape index (κ2) is 10.7. The summed E-state index contributed by atoms with van der Waals surface area (Å²) in [6.07, 6.45) is 1.43. The van der Waals surface area contributed by atoms with Crippen molar-refractivity contribution in [1.82, 2.24) is 0 Å². The molecule has 3 rings (SSSR count). The fourth-order valence-electron chi connectivity index (χ4n) is 2.46. The molecule has 154 valence electrons. The second-order valence-electron chi connectivity index (χ2n) is 6.16. The van der Waals surface area contributed by atoms with Crippen LogP contribution in [0.5, 0.6) is 0 Å². The first-order valence-electron chi connectivity index (χ1n) is 8.67. The van der Waals surface area contributed by atoms with E-state index in [4.69, 9.17) is 39.6 Å². The van der Waals surface area contributed by atoms with Gasteiger partial charge in [0.2, 0.25) is 0 Å². The SMILES string of the molecule is O=[N+]([O-])c1cc(/C=N/OCc2ccc(Cl)c(Cl)c2)ccc1SCc1ccc(Cl)cc1. The standard InChI is InChI=1S/C21H15Cl3N2O3S/c22-17-5-1-14(2-6-17)13-30-21-8-4-15(10-20(21)26(27)28)11-25-29-12-16-3-7-18(23)19(24)9-16/h1-11H,12-13H2/b25-11+. The second-order valence-corrected chi connectivity index (χ2v) is 8.42. The van der Waals surface area contributed by atoms with Gasteiger partial charge in [-0.25, -0.2) is 0 Å². The van der Waals surface area contributed by atoms with Crippen LogP contribution in [0.25, 0.3) is 0 Å². The van der Waals surface area contributed by atoms with Gasteiger partial charge < -0.3 is 4.84 Å². The van der Waals surface area contributed by atoms with Crippen LogP contribution in [-0.2, 0) is 17.2 Å². The Kier molecular flexibility index (Phi) is 7.99. The predicted octanol–water partition coefficient (Wildman–Crippen LogP) is 7.40. The monoisotopic (exact) mass is 480 g/mol. The van der Waals surface area contributed by atoms with Crippen molar-refractivity contribution < 1.29 is 9.76 Å². The summed E-state index contributed by atoms with van der Waals surface area (Å²) in [5.41, 5.74) is 2.41. The Balaban J connectivity index is 1.63. The number of nitrogens with zero attached hydrogens (tertiary/aromatic N) is 2. The molecule has 0 amide bonds. The summed E-state index contributed by atoms with van der Waals surface area (Å²) in [5.74, 6) is 0.595. The third kappa shape index (κ3) is 6.37. The van der Waals surface area contributed by atoms with Gasteiger partial charge in [-0.3, -0.25) is 10.1 Å². The van der Waals surface area contributed by atoms with E-state index in [1.165, 1.54) is 24.0 Å². The first kappa shape index (κ1) is 22.4. The van der Waals surface area contributed by atoms with Crippen LogP contribution in [0.1, 0.15) is 16.7 Å². The molecule has 0 atom stereocenters. The van der Waals surface area contributed by atoms with Gasteiger partial charge in [-0.15, -0.1) is 11.8 Å². The number of oxime groups is 1. The molecule has 0 aliphatic carbocycles. The Hall–Kier alpha value is -2.25. The molecular weight excluding hydrogens is 467 g/mol. The molecule has 9 heteroatoms. The van der Waals surface area contributed by atoms with Gasteiger partial charge in [0.25, 0.3) is 5.69 Å². The van der Waals surface area contributed by atoms with Crippen LogP contribution in [0.4, 0.5) is 5.69 Å². The van der Waals surface area contributed by atoms with Gasteiger partial charge in [-0.1, -0.05) is 64.2 Å². The van der Waals surface area contributed by atoms with Crippen molar-refractivity contribution in [3.63, 3.8) is 0 Å². The molecule has 0 N–H and O–H groups in total. The number of thioether (sulfide) groups is 1. The molecule has 5 nitrogen and oxygen atoms in total. The number of nitro benzene ring substituents is 1. The highest BCUT2D eigenvalue weighted by Gasteiger charge is 2.15. The first-order valence-corrected chi connectivity index (χ1v) is 10.8. The number of hydrogen-bond donors (Lipinski definition) is 0. The van der Waals surface area contributed by atoms with E-state index in [2.05, 4.69) is 5.16 Å². The van der Waals surface area contributed by atoms with Gasteiger partial charge in [0.1, 0.15) is 6.61 Å². The minimum absolute atomic E-state index is 0.0161. The van der Waals surface area contributed by atoms with E-state index in [1.54, 1.807) is 42.5 Å². The molecule has 0 fully saturated rings.